The summed E-state index contributed by atoms with van der Waals surface area (Å²) in [7, 11) is 1.67. The molecule has 0 bridgehead atoms. The molecule has 0 radical (unpaired) electrons. The molecule has 2 rings (SSSR count). The van der Waals surface area contributed by atoms with Crippen LogP contribution in [0, 0.1) is 0 Å². The van der Waals surface area contributed by atoms with E-state index in [0.29, 0.717) is 0 Å². The molecule has 7 heteroatoms. The minimum atomic E-state index is -0.659. The summed E-state index contributed by atoms with van der Waals surface area (Å²) < 4.78 is 0. The van der Waals surface area contributed by atoms with E-state index in [9.17, 15) is 14.4 Å². The summed E-state index contributed by atoms with van der Waals surface area (Å²) in [6.45, 7) is 0. The van der Waals surface area contributed by atoms with E-state index in [0.717, 1.165) is 31.9 Å². The lowest BCUT2D eigenvalue weighted by molar-refractivity contribution is 0.0687. The van der Waals surface area contributed by atoms with Crippen molar-refractivity contribution in [3.05, 3.63) is 32.6 Å². The van der Waals surface area contributed by atoms with Gasteiger partial charge in [0.15, 0.2) is 0 Å². The summed E-state index contributed by atoms with van der Waals surface area (Å²) in [5, 5.41) is 0. The van der Waals surface area contributed by atoms with Crippen molar-refractivity contribution in [1.29, 1.82) is 0 Å². The molecule has 1 aromatic rings. The van der Waals surface area contributed by atoms with Gasteiger partial charge in [-0.15, -0.1) is 0 Å². The predicted molar refractivity (Wildman–Crippen MR) is 70.0 cm³/mol. The molecule has 0 unspecified atom stereocenters. The Morgan fingerprint density at radius 3 is 2.53 bits per heavy atom. The third kappa shape index (κ3) is 2.93. The van der Waals surface area contributed by atoms with Crippen molar-refractivity contribution in [3.63, 3.8) is 0 Å². The van der Waals surface area contributed by atoms with Gasteiger partial charge in [0.05, 0.1) is 0 Å². The average molecular weight is 266 g/mol. The Morgan fingerprint density at radius 1 is 1.32 bits per heavy atom. The zero-order valence-corrected chi connectivity index (χ0v) is 10.8. The van der Waals surface area contributed by atoms with E-state index in [2.05, 4.69) is 9.97 Å². The number of carbonyl (C=O) groups excluding carboxylic acids is 1. The highest BCUT2D eigenvalue weighted by Crippen LogP contribution is 2.21. The molecular formula is C12H18N4O3. The molecule has 1 aliphatic rings. The number of amides is 1. The zero-order chi connectivity index (χ0) is 14.0. The molecule has 104 valence electrons. The molecule has 1 fully saturated rings. The Hall–Kier alpha value is -1.89. The fourth-order valence-corrected chi connectivity index (χ4v) is 2.41. The number of carbonyl (C=O) groups is 1. The Morgan fingerprint density at radius 2 is 1.95 bits per heavy atom. The number of hydrogen-bond donors (Lipinski definition) is 3. The molecule has 0 aromatic carbocycles. The van der Waals surface area contributed by atoms with Crippen molar-refractivity contribution in [3.8, 4) is 0 Å². The molecule has 1 aliphatic carbocycles. The van der Waals surface area contributed by atoms with E-state index >= 15 is 0 Å². The normalized spacial score (nSPS) is 23.1. The van der Waals surface area contributed by atoms with Gasteiger partial charge in [0.1, 0.15) is 5.56 Å². The van der Waals surface area contributed by atoms with Gasteiger partial charge < -0.3 is 15.6 Å². The number of nitrogens with two attached hydrogens (primary N) is 1. The van der Waals surface area contributed by atoms with Gasteiger partial charge in [0, 0.05) is 25.3 Å². The summed E-state index contributed by atoms with van der Waals surface area (Å²) in [6.07, 6.45) is 4.60. The van der Waals surface area contributed by atoms with Gasteiger partial charge in [-0.1, -0.05) is 0 Å². The van der Waals surface area contributed by atoms with Gasteiger partial charge in [-0.3, -0.25) is 14.6 Å². The maximum atomic E-state index is 12.2. The smallest absolute Gasteiger partial charge is 0.325 e. The van der Waals surface area contributed by atoms with E-state index in [1.807, 2.05) is 0 Å². The first kappa shape index (κ1) is 13.5. The predicted octanol–water partition coefficient (Wildman–Crippen LogP) is -0.595. The van der Waals surface area contributed by atoms with Gasteiger partial charge in [-0.05, 0) is 25.7 Å². The van der Waals surface area contributed by atoms with Crippen LogP contribution in [0.15, 0.2) is 15.8 Å². The molecule has 0 atom stereocenters. The fourth-order valence-electron chi connectivity index (χ4n) is 2.41. The summed E-state index contributed by atoms with van der Waals surface area (Å²) in [5.41, 5.74) is 4.51. The second kappa shape index (κ2) is 5.40. The van der Waals surface area contributed by atoms with Gasteiger partial charge >= 0.3 is 5.69 Å². The van der Waals surface area contributed by atoms with Crippen LogP contribution >= 0.6 is 0 Å². The maximum absolute atomic E-state index is 12.2. The number of H-pyrrole nitrogens is 2. The van der Waals surface area contributed by atoms with Gasteiger partial charge in [-0.25, -0.2) is 4.79 Å². The molecule has 19 heavy (non-hydrogen) atoms. The summed E-state index contributed by atoms with van der Waals surface area (Å²) in [4.78, 5) is 40.6. The van der Waals surface area contributed by atoms with E-state index in [1.165, 1.54) is 0 Å². The van der Waals surface area contributed by atoms with E-state index < -0.39 is 11.2 Å². The molecule has 0 spiro atoms. The maximum Gasteiger partial charge on any atom is 0.325 e. The first-order chi connectivity index (χ1) is 8.99. The molecule has 0 saturated heterocycles. The minimum Gasteiger partial charge on any atom is -0.339 e. The lowest BCUT2D eigenvalue weighted by Crippen LogP contribution is -2.43. The quantitative estimate of drug-likeness (QED) is 0.663. The number of nitrogens with zero attached hydrogens (tertiary/aromatic N) is 1. The van der Waals surface area contributed by atoms with E-state index in [4.69, 9.17) is 5.73 Å². The molecule has 1 saturated carbocycles. The van der Waals surface area contributed by atoms with E-state index in [1.54, 1.807) is 11.9 Å². The first-order valence-corrected chi connectivity index (χ1v) is 6.34. The number of rotatable bonds is 2. The lowest BCUT2D eigenvalue weighted by atomic mass is 9.91. The summed E-state index contributed by atoms with van der Waals surface area (Å²) in [6, 6.07) is 0.301. The molecule has 4 N–H and O–H groups in total. The van der Waals surface area contributed by atoms with Crippen molar-refractivity contribution < 1.29 is 4.79 Å². The summed E-state index contributed by atoms with van der Waals surface area (Å²) in [5.74, 6) is -0.377. The average Bonchev–Trinajstić information content (AvgIpc) is 2.38. The van der Waals surface area contributed by atoms with Crippen LogP contribution in [0.2, 0.25) is 0 Å². The number of aromatic nitrogens is 2. The largest absolute Gasteiger partial charge is 0.339 e. The Kier molecular flexibility index (Phi) is 3.84. The van der Waals surface area contributed by atoms with Crippen molar-refractivity contribution in [2.75, 3.05) is 7.05 Å². The molecule has 1 aromatic heterocycles. The highest BCUT2D eigenvalue weighted by molar-refractivity contribution is 5.93. The van der Waals surface area contributed by atoms with E-state index in [-0.39, 0.29) is 23.6 Å². The van der Waals surface area contributed by atoms with Crippen LogP contribution in [0.4, 0.5) is 0 Å². The number of nitrogens with one attached hydrogen (secondary N) is 2. The fraction of sp³-hybridized carbons (Fsp3) is 0.583. The van der Waals surface area contributed by atoms with Crippen LogP contribution in [0.1, 0.15) is 36.0 Å². The minimum absolute atomic E-state index is 0.0445. The lowest BCUT2D eigenvalue weighted by Gasteiger charge is -2.33. The Balaban J connectivity index is 2.15. The van der Waals surface area contributed by atoms with Crippen molar-refractivity contribution in [2.24, 2.45) is 5.73 Å². The SMILES string of the molecule is CN(C(=O)c1c[nH]c(=O)[nH]c1=O)C1CCC(N)CC1. The Labute approximate surface area is 109 Å². The van der Waals surface area contributed by atoms with Gasteiger partial charge in [0.2, 0.25) is 0 Å². The van der Waals surface area contributed by atoms with Crippen LogP contribution in [0.5, 0.6) is 0 Å². The number of hydrogen-bond acceptors (Lipinski definition) is 4. The molecular weight excluding hydrogens is 248 g/mol. The van der Waals surface area contributed by atoms with Crippen molar-refractivity contribution in [2.45, 2.75) is 37.8 Å². The summed E-state index contributed by atoms with van der Waals surface area (Å²) >= 11 is 0. The number of aromatic amines is 2. The van der Waals surface area contributed by atoms with Crippen LogP contribution < -0.4 is 17.0 Å². The topological polar surface area (TPSA) is 112 Å². The van der Waals surface area contributed by atoms with Gasteiger partial charge in [0.25, 0.3) is 11.5 Å². The highest BCUT2D eigenvalue weighted by atomic mass is 16.2. The Bertz CT molecular complexity index is 569. The second-order valence-corrected chi connectivity index (χ2v) is 4.97. The molecule has 1 heterocycles. The van der Waals surface area contributed by atoms with Crippen LogP contribution in [0.3, 0.4) is 0 Å². The van der Waals surface area contributed by atoms with Crippen LogP contribution in [0.25, 0.3) is 0 Å². The monoisotopic (exact) mass is 266 g/mol. The first-order valence-electron chi connectivity index (χ1n) is 6.34. The molecule has 7 nitrogen and oxygen atoms in total. The molecule has 1 amide bonds. The van der Waals surface area contributed by atoms with Crippen molar-refractivity contribution in [1.82, 2.24) is 14.9 Å². The van der Waals surface area contributed by atoms with Crippen molar-refractivity contribution >= 4 is 5.91 Å². The highest BCUT2D eigenvalue weighted by Gasteiger charge is 2.26. The third-order valence-corrected chi connectivity index (χ3v) is 3.66. The second-order valence-electron chi connectivity index (χ2n) is 4.97. The van der Waals surface area contributed by atoms with Crippen LogP contribution in [-0.4, -0.2) is 39.9 Å². The third-order valence-electron chi connectivity index (χ3n) is 3.66. The van der Waals surface area contributed by atoms with Crippen LogP contribution in [-0.2, 0) is 0 Å². The standard InChI is InChI=1S/C12H18N4O3/c1-16(8-4-2-7(13)3-5-8)11(18)9-6-14-12(19)15-10(9)17/h6-8H,2-5,13H2,1H3,(H2,14,15,17,19). The van der Waals surface area contributed by atoms with Gasteiger partial charge in [-0.2, -0.15) is 0 Å². The molecule has 0 aliphatic heterocycles. The zero-order valence-electron chi connectivity index (χ0n) is 10.8.